The van der Waals surface area contributed by atoms with E-state index in [1.165, 1.54) is 0 Å². The molecule has 0 aromatic rings. The SMILES string of the molecule is COC(OC)C1CCCOC1. The molecular formula is C8H16O3. The summed E-state index contributed by atoms with van der Waals surface area (Å²) in [4.78, 5) is 0. The number of hydrogen-bond acceptors (Lipinski definition) is 3. The average Bonchev–Trinajstić information content (AvgIpc) is 2.09. The third-order valence-electron chi connectivity index (χ3n) is 2.05. The van der Waals surface area contributed by atoms with Gasteiger partial charge in [-0.05, 0) is 12.8 Å². The van der Waals surface area contributed by atoms with Crippen molar-refractivity contribution in [1.82, 2.24) is 0 Å². The highest BCUT2D eigenvalue weighted by Gasteiger charge is 2.23. The molecule has 0 saturated carbocycles. The third kappa shape index (κ3) is 2.43. The predicted molar refractivity (Wildman–Crippen MR) is 41.3 cm³/mol. The molecule has 1 saturated heterocycles. The molecule has 0 spiro atoms. The van der Waals surface area contributed by atoms with E-state index in [-0.39, 0.29) is 6.29 Å². The molecule has 3 heteroatoms. The van der Waals surface area contributed by atoms with E-state index in [0.717, 1.165) is 26.1 Å². The Balaban J connectivity index is 2.30. The molecule has 1 aliphatic rings. The molecule has 0 N–H and O–H groups in total. The van der Waals surface area contributed by atoms with E-state index in [2.05, 4.69) is 0 Å². The second-order valence-corrected chi connectivity index (χ2v) is 2.82. The highest BCUT2D eigenvalue weighted by Crippen LogP contribution is 2.19. The van der Waals surface area contributed by atoms with E-state index in [1.54, 1.807) is 14.2 Å². The number of methoxy groups -OCH3 is 2. The zero-order valence-corrected chi connectivity index (χ0v) is 7.21. The lowest BCUT2D eigenvalue weighted by Crippen LogP contribution is -2.31. The Morgan fingerprint density at radius 3 is 2.55 bits per heavy atom. The molecule has 0 aliphatic carbocycles. The summed E-state index contributed by atoms with van der Waals surface area (Å²) in [5, 5.41) is 0. The fourth-order valence-corrected chi connectivity index (χ4v) is 1.46. The molecule has 0 aromatic heterocycles. The molecule has 0 radical (unpaired) electrons. The molecule has 1 heterocycles. The minimum atomic E-state index is -0.0877. The van der Waals surface area contributed by atoms with E-state index in [1.807, 2.05) is 0 Å². The van der Waals surface area contributed by atoms with Crippen molar-refractivity contribution in [3.8, 4) is 0 Å². The van der Waals surface area contributed by atoms with Crippen LogP contribution in [0.3, 0.4) is 0 Å². The van der Waals surface area contributed by atoms with Crippen LogP contribution in [0.1, 0.15) is 12.8 Å². The van der Waals surface area contributed by atoms with Gasteiger partial charge in [-0.1, -0.05) is 0 Å². The van der Waals surface area contributed by atoms with Gasteiger partial charge in [0.25, 0.3) is 0 Å². The molecule has 1 aliphatic heterocycles. The summed E-state index contributed by atoms with van der Waals surface area (Å²) in [6.45, 7) is 1.66. The van der Waals surface area contributed by atoms with E-state index >= 15 is 0 Å². The Hall–Kier alpha value is -0.120. The lowest BCUT2D eigenvalue weighted by molar-refractivity contribution is -0.161. The van der Waals surface area contributed by atoms with Crippen LogP contribution < -0.4 is 0 Å². The summed E-state index contributed by atoms with van der Waals surface area (Å²) in [7, 11) is 3.34. The van der Waals surface area contributed by atoms with Crippen molar-refractivity contribution < 1.29 is 14.2 Å². The fraction of sp³-hybridized carbons (Fsp3) is 1.00. The zero-order valence-electron chi connectivity index (χ0n) is 7.21. The topological polar surface area (TPSA) is 27.7 Å². The van der Waals surface area contributed by atoms with Gasteiger partial charge >= 0.3 is 0 Å². The van der Waals surface area contributed by atoms with Crippen molar-refractivity contribution in [3.05, 3.63) is 0 Å². The third-order valence-corrected chi connectivity index (χ3v) is 2.05. The first-order valence-electron chi connectivity index (χ1n) is 4.02. The maximum atomic E-state index is 5.31. The van der Waals surface area contributed by atoms with Gasteiger partial charge in [-0.25, -0.2) is 0 Å². The largest absolute Gasteiger partial charge is 0.381 e. The summed E-state index contributed by atoms with van der Waals surface area (Å²) < 4.78 is 15.6. The summed E-state index contributed by atoms with van der Waals surface area (Å²) in [5.41, 5.74) is 0. The van der Waals surface area contributed by atoms with Gasteiger partial charge in [0.05, 0.1) is 6.61 Å². The van der Waals surface area contributed by atoms with Crippen molar-refractivity contribution in [2.24, 2.45) is 5.92 Å². The van der Waals surface area contributed by atoms with Crippen LogP contribution in [0.2, 0.25) is 0 Å². The summed E-state index contributed by atoms with van der Waals surface area (Å²) >= 11 is 0. The van der Waals surface area contributed by atoms with E-state index < -0.39 is 0 Å². The van der Waals surface area contributed by atoms with Gasteiger partial charge in [0, 0.05) is 26.7 Å². The van der Waals surface area contributed by atoms with Crippen LogP contribution in [0.4, 0.5) is 0 Å². The molecule has 0 aromatic carbocycles. The van der Waals surface area contributed by atoms with Crippen molar-refractivity contribution in [3.63, 3.8) is 0 Å². The number of rotatable bonds is 3. The second-order valence-electron chi connectivity index (χ2n) is 2.82. The van der Waals surface area contributed by atoms with Gasteiger partial charge < -0.3 is 14.2 Å². The zero-order chi connectivity index (χ0) is 8.10. The minimum absolute atomic E-state index is 0.0877. The monoisotopic (exact) mass is 160 g/mol. The van der Waals surface area contributed by atoms with Crippen LogP contribution in [-0.4, -0.2) is 33.7 Å². The molecule has 1 fully saturated rings. The first-order valence-corrected chi connectivity index (χ1v) is 4.02. The second kappa shape index (κ2) is 4.70. The van der Waals surface area contributed by atoms with E-state index in [4.69, 9.17) is 14.2 Å². The Kier molecular flexibility index (Phi) is 3.83. The summed E-state index contributed by atoms with van der Waals surface area (Å²) in [6.07, 6.45) is 2.18. The predicted octanol–water partition coefficient (Wildman–Crippen LogP) is 1.03. The molecule has 3 nitrogen and oxygen atoms in total. The maximum absolute atomic E-state index is 5.31. The van der Waals surface area contributed by atoms with Gasteiger partial charge in [-0.3, -0.25) is 0 Å². The molecule has 66 valence electrons. The van der Waals surface area contributed by atoms with Crippen molar-refractivity contribution in [1.29, 1.82) is 0 Å². The molecule has 1 unspecified atom stereocenters. The number of ether oxygens (including phenoxy) is 3. The lowest BCUT2D eigenvalue weighted by Gasteiger charge is -2.27. The molecule has 0 amide bonds. The Morgan fingerprint density at radius 1 is 1.36 bits per heavy atom. The summed E-state index contributed by atoms with van der Waals surface area (Å²) in [6, 6.07) is 0. The van der Waals surface area contributed by atoms with Gasteiger partial charge in [0.2, 0.25) is 0 Å². The highest BCUT2D eigenvalue weighted by molar-refractivity contribution is 4.65. The van der Waals surface area contributed by atoms with Gasteiger partial charge in [0.1, 0.15) is 0 Å². The van der Waals surface area contributed by atoms with E-state index in [0.29, 0.717) is 5.92 Å². The standard InChI is InChI=1S/C8H16O3/c1-9-8(10-2)7-4-3-5-11-6-7/h7-8H,3-6H2,1-2H3. The fourth-order valence-electron chi connectivity index (χ4n) is 1.46. The van der Waals surface area contributed by atoms with E-state index in [9.17, 15) is 0 Å². The van der Waals surface area contributed by atoms with Crippen molar-refractivity contribution in [2.45, 2.75) is 19.1 Å². The summed E-state index contributed by atoms with van der Waals surface area (Å²) in [5.74, 6) is 0.416. The average molecular weight is 160 g/mol. The Bertz CT molecular complexity index is 95.5. The van der Waals surface area contributed by atoms with Crippen LogP contribution in [0.25, 0.3) is 0 Å². The first-order chi connectivity index (χ1) is 5.38. The van der Waals surface area contributed by atoms with Crippen LogP contribution in [0.5, 0.6) is 0 Å². The Labute approximate surface area is 67.6 Å². The van der Waals surface area contributed by atoms with Crippen LogP contribution >= 0.6 is 0 Å². The van der Waals surface area contributed by atoms with Gasteiger partial charge in [-0.15, -0.1) is 0 Å². The molecule has 1 rings (SSSR count). The quantitative estimate of drug-likeness (QED) is 0.577. The van der Waals surface area contributed by atoms with Crippen molar-refractivity contribution >= 4 is 0 Å². The smallest absolute Gasteiger partial charge is 0.161 e. The van der Waals surface area contributed by atoms with Crippen LogP contribution in [-0.2, 0) is 14.2 Å². The number of hydrogen-bond donors (Lipinski definition) is 0. The van der Waals surface area contributed by atoms with Crippen LogP contribution in [0, 0.1) is 5.92 Å². The normalized spacial score (nSPS) is 25.9. The Morgan fingerprint density at radius 2 is 2.09 bits per heavy atom. The van der Waals surface area contributed by atoms with Crippen LogP contribution in [0.15, 0.2) is 0 Å². The van der Waals surface area contributed by atoms with Gasteiger partial charge in [-0.2, -0.15) is 0 Å². The molecular weight excluding hydrogens is 144 g/mol. The molecule has 11 heavy (non-hydrogen) atoms. The minimum Gasteiger partial charge on any atom is -0.381 e. The first kappa shape index (κ1) is 8.97. The van der Waals surface area contributed by atoms with Crippen molar-refractivity contribution in [2.75, 3.05) is 27.4 Å². The molecule has 0 bridgehead atoms. The van der Waals surface area contributed by atoms with Gasteiger partial charge in [0.15, 0.2) is 6.29 Å². The maximum Gasteiger partial charge on any atom is 0.161 e. The lowest BCUT2D eigenvalue weighted by atomic mass is 10.0. The molecule has 1 atom stereocenters. The highest BCUT2D eigenvalue weighted by atomic mass is 16.7.